The van der Waals surface area contributed by atoms with Crippen LogP contribution in [0.3, 0.4) is 0 Å². The number of hydrogen-bond donors (Lipinski definition) is 3. The number of nitrogens with two attached hydrogens (primary N) is 1. The van der Waals surface area contributed by atoms with E-state index in [-0.39, 0.29) is 0 Å². The second-order valence-electron chi connectivity index (χ2n) is 8.19. The number of carbonyl (C=O) groups is 4. The first-order valence-corrected chi connectivity index (χ1v) is 12.0. The van der Waals surface area contributed by atoms with E-state index < -0.39 is 42.8 Å². The second kappa shape index (κ2) is 11.3. The van der Waals surface area contributed by atoms with Crippen LogP contribution in [0.4, 0.5) is 0 Å². The van der Waals surface area contributed by atoms with E-state index in [1.165, 1.54) is 23.0 Å². The average Bonchev–Trinajstić information content (AvgIpc) is 3.21. The number of amides is 2. The van der Waals surface area contributed by atoms with Gasteiger partial charge >= 0.3 is 11.9 Å². The Bertz CT molecular complexity index is 1500. The van der Waals surface area contributed by atoms with Crippen molar-refractivity contribution in [2.45, 2.75) is 19.0 Å². The molecule has 0 aliphatic carbocycles. The summed E-state index contributed by atoms with van der Waals surface area (Å²) in [7, 11) is 0. The summed E-state index contributed by atoms with van der Waals surface area (Å²) in [5.41, 5.74) is 8.58. The summed E-state index contributed by atoms with van der Waals surface area (Å²) in [6.07, 6.45) is -0.641. The fourth-order valence-electron chi connectivity index (χ4n) is 4.22. The largest absolute Gasteiger partial charge is 0.483 e. The van der Waals surface area contributed by atoms with Crippen LogP contribution >= 0.6 is 23.0 Å². The number of carboxylic acid groups (broad SMARTS) is 1. The van der Waals surface area contributed by atoms with Gasteiger partial charge in [0.25, 0.3) is 5.91 Å². The van der Waals surface area contributed by atoms with Gasteiger partial charge in [0, 0.05) is 17.5 Å². The Morgan fingerprint density at radius 3 is 2.27 bits per heavy atom. The lowest BCUT2D eigenvalue weighted by atomic mass is 10.1. The van der Waals surface area contributed by atoms with E-state index in [4.69, 9.17) is 15.6 Å². The highest BCUT2D eigenvalue weighted by atomic mass is 127. The molecule has 0 saturated heterocycles. The highest BCUT2D eigenvalue weighted by Gasteiger charge is 2.26. The van der Waals surface area contributed by atoms with Crippen molar-refractivity contribution in [2.75, 3.05) is 6.61 Å². The van der Waals surface area contributed by atoms with E-state index in [0.29, 0.717) is 28.6 Å². The fourth-order valence-corrected chi connectivity index (χ4v) is 4.52. The van der Waals surface area contributed by atoms with Crippen LogP contribution in [0.2, 0.25) is 0 Å². The molecule has 0 aliphatic heterocycles. The molecule has 4 N–H and O–H groups in total. The van der Waals surface area contributed by atoms with Crippen LogP contribution in [0.15, 0.2) is 66.7 Å². The zero-order chi connectivity index (χ0) is 26.5. The molecule has 0 saturated carbocycles. The van der Waals surface area contributed by atoms with E-state index in [0.717, 1.165) is 16.6 Å². The molecule has 4 aromatic rings. The zero-order valence-electron chi connectivity index (χ0n) is 19.3. The minimum atomic E-state index is -1.37. The number of carboxylic acids is 1. The first kappa shape index (κ1) is 25.9. The first-order valence-electron chi connectivity index (χ1n) is 11.1. The molecule has 0 fully saturated rings. The lowest BCUT2D eigenvalue weighted by Gasteiger charge is -2.14. The van der Waals surface area contributed by atoms with Crippen molar-refractivity contribution in [3.63, 3.8) is 0 Å². The summed E-state index contributed by atoms with van der Waals surface area (Å²) in [6.45, 7) is 0.0101. The summed E-state index contributed by atoms with van der Waals surface area (Å²) in [6, 6.07) is 19.0. The molecule has 1 aromatic heterocycles. The molecular weight excluding hydrogens is 593 g/mol. The van der Waals surface area contributed by atoms with Crippen LogP contribution in [0.1, 0.15) is 22.3 Å². The van der Waals surface area contributed by atoms with Crippen LogP contribution < -0.4 is 15.8 Å². The molecular formula is C26H22IN3O7. The molecule has 4 rings (SSSR count). The van der Waals surface area contributed by atoms with Crippen LogP contribution in [0, 0.1) is 0 Å². The Hall–Kier alpha value is -4.13. The molecule has 0 aliphatic rings. The van der Waals surface area contributed by atoms with E-state index in [1.807, 2.05) is 47.0 Å². The van der Waals surface area contributed by atoms with Crippen molar-refractivity contribution in [3.8, 4) is 5.75 Å². The summed E-state index contributed by atoms with van der Waals surface area (Å²) in [5.74, 6) is -3.17. The molecule has 0 radical (unpaired) electrons. The molecule has 3 aromatic carbocycles. The number of benzene rings is 3. The third-order valence-corrected chi connectivity index (χ3v) is 6.19. The minimum Gasteiger partial charge on any atom is -0.483 e. The van der Waals surface area contributed by atoms with E-state index in [1.54, 1.807) is 24.3 Å². The van der Waals surface area contributed by atoms with Crippen molar-refractivity contribution in [1.29, 1.82) is 0 Å². The topological polar surface area (TPSA) is 150 Å². The van der Waals surface area contributed by atoms with E-state index >= 15 is 0 Å². The molecule has 190 valence electrons. The maximum absolute atomic E-state index is 12.5. The predicted molar refractivity (Wildman–Crippen MR) is 143 cm³/mol. The summed E-state index contributed by atoms with van der Waals surface area (Å²) >= 11 is 1.32. The van der Waals surface area contributed by atoms with E-state index in [2.05, 4.69) is 8.38 Å². The third kappa shape index (κ3) is 5.66. The molecule has 37 heavy (non-hydrogen) atoms. The molecule has 0 spiro atoms. The van der Waals surface area contributed by atoms with Crippen molar-refractivity contribution >= 4 is 68.6 Å². The highest BCUT2D eigenvalue weighted by molar-refractivity contribution is 14.1. The SMILES string of the molecule is NC(=O)c1cccc2c1c1c(OCC(=O)N[C@@H](CC(=O)O)C(=O)OI)cccc1n2Cc1ccccc1. The number of aliphatic carboxylic acids is 1. The lowest BCUT2D eigenvalue weighted by Crippen LogP contribution is -2.44. The van der Waals surface area contributed by atoms with Gasteiger partial charge in [-0.15, -0.1) is 0 Å². The number of fused-ring (bicyclic) bond motifs is 3. The monoisotopic (exact) mass is 615 g/mol. The number of halogens is 1. The molecule has 10 nitrogen and oxygen atoms in total. The number of hydrogen-bond acceptors (Lipinski definition) is 6. The summed E-state index contributed by atoms with van der Waals surface area (Å²) in [5, 5.41) is 12.5. The minimum absolute atomic E-state index is 0.307. The van der Waals surface area contributed by atoms with Crippen LogP contribution in [-0.4, -0.2) is 46.1 Å². The number of primary amides is 1. The number of rotatable bonds is 10. The van der Waals surface area contributed by atoms with Crippen LogP contribution in [-0.2, 0) is 24.0 Å². The second-order valence-corrected chi connectivity index (χ2v) is 8.63. The third-order valence-electron chi connectivity index (χ3n) is 5.76. The van der Waals surface area contributed by atoms with Gasteiger partial charge in [-0.2, -0.15) is 0 Å². The van der Waals surface area contributed by atoms with Gasteiger partial charge in [-0.05, 0) is 29.8 Å². The van der Waals surface area contributed by atoms with E-state index in [9.17, 15) is 19.2 Å². The molecule has 1 heterocycles. The Kier molecular flexibility index (Phi) is 7.92. The smallest absolute Gasteiger partial charge is 0.338 e. The predicted octanol–water partition coefficient (Wildman–Crippen LogP) is 3.17. The Balaban J connectivity index is 1.72. The quantitative estimate of drug-likeness (QED) is 0.232. The van der Waals surface area contributed by atoms with Crippen molar-refractivity contribution in [2.24, 2.45) is 5.73 Å². The van der Waals surface area contributed by atoms with Gasteiger partial charge in [-0.1, -0.05) is 42.5 Å². The van der Waals surface area contributed by atoms with Gasteiger partial charge in [-0.3, -0.25) is 14.4 Å². The van der Waals surface area contributed by atoms with Crippen molar-refractivity contribution < 1.29 is 32.1 Å². The highest BCUT2D eigenvalue weighted by Crippen LogP contribution is 2.38. The zero-order valence-corrected chi connectivity index (χ0v) is 21.5. The van der Waals surface area contributed by atoms with Gasteiger partial charge in [0.2, 0.25) is 5.91 Å². The molecule has 0 bridgehead atoms. The first-order chi connectivity index (χ1) is 17.8. The molecule has 0 unspecified atom stereocenters. The van der Waals surface area contributed by atoms with Gasteiger partial charge in [-0.25, -0.2) is 4.79 Å². The maximum Gasteiger partial charge on any atom is 0.338 e. The summed E-state index contributed by atoms with van der Waals surface area (Å²) < 4.78 is 12.4. The number of nitrogens with zero attached hydrogens (tertiary/aromatic N) is 1. The van der Waals surface area contributed by atoms with Gasteiger partial charge in [0.1, 0.15) is 11.8 Å². The Morgan fingerprint density at radius 1 is 0.946 bits per heavy atom. The molecule has 2 amide bonds. The number of carbonyl (C=O) groups excluding carboxylic acids is 3. The number of ether oxygens (including phenoxy) is 1. The van der Waals surface area contributed by atoms with Crippen LogP contribution in [0.25, 0.3) is 21.8 Å². The maximum atomic E-state index is 12.5. The Labute approximate surface area is 225 Å². The van der Waals surface area contributed by atoms with Gasteiger partial charge in [0.05, 0.1) is 22.8 Å². The van der Waals surface area contributed by atoms with Gasteiger partial charge in [0.15, 0.2) is 29.6 Å². The number of aromatic nitrogens is 1. The van der Waals surface area contributed by atoms with Crippen molar-refractivity contribution in [1.82, 2.24) is 9.88 Å². The normalized spacial score (nSPS) is 11.7. The lowest BCUT2D eigenvalue weighted by molar-refractivity contribution is -0.144. The van der Waals surface area contributed by atoms with Crippen molar-refractivity contribution in [3.05, 3.63) is 77.9 Å². The molecule has 11 heteroatoms. The standard InChI is InChI=1S/C26H22IN3O7/c27-37-26(35)17(12-22(32)33)29-21(31)14-36-20-11-5-10-19-24(20)23-16(25(28)34)8-4-9-18(23)30(19)13-15-6-2-1-3-7-15/h1-11,17H,12-14H2,(H2,28,34)(H,29,31)(H,32,33)/t17-/m0/s1. The fraction of sp³-hybridized carbons (Fsp3) is 0.154. The average molecular weight is 615 g/mol. The Morgan fingerprint density at radius 2 is 1.62 bits per heavy atom. The van der Waals surface area contributed by atoms with Gasteiger partial charge < -0.3 is 28.5 Å². The van der Waals surface area contributed by atoms with Crippen LogP contribution in [0.5, 0.6) is 5.75 Å². The summed E-state index contributed by atoms with van der Waals surface area (Å²) in [4.78, 5) is 47.7. The number of nitrogens with one attached hydrogen (secondary N) is 1. The molecule has 1 atom stereocenters.